The minimum Gasteiger partial charge on any atom is -0.255 e. The highest BCUT2D eigenvalue weighted by atomic mass is 79.9. The predicted octanol–water partition coefficient (Wildman–Crippen LogP) is 5.07. The maximum Gasteiger partial charge on any atom is 0.0915 e. The van der Waals surface area contributed by atoms with Crippen LogP contribution in [0.1, 0.15) is 0 Å². The number of aromatic nitrogens is 1. The van der Waals surface area contributed by atoms with Gasteiger partial charge < -0.3 is 0 Å². The molecule has 1 nitrogen and oxygen atoms in total. The Balaban J connectivity index is 2.98. The van der Waals surface area contributed by atoms with Crippen LogP contribution in [0.25, 0.3) is 10.9 Å². The summed E-state index contributed by atoms with van der Waals surface area (Å²) in [7, 11) is 0. The van der Waals surface area contributed by atoms with Gasteiger partial charge >= 0.3 is 0 Å². The van der Waals surface area contributed by atoms with Crippen LogP contribution in [0.4, 0.5) is 0 Å². The van der Waals surface area contributed by atoms with Gasteiger partial charge in [0, 0.05) is 20.5 Å². The lowest BCUT2D eigenvalue weighted by Crippen LogP contribution is -1.83. The van der Waals surface area contributed by atoms with Gasteiger partial charge in [0.1, 0.15) is 0 Å². The highest BCUT2D eigenvalue weighted by Gasteiger charge is 2.10. The monoisotopic (exact) mass is 353 g/mol. The van der Waals surface area contributed by atoms with Crippen LogP contribution in [0, 0.1) is 0 Å². The van der Waals surface area contributed by atoms with E-state index in [9.17, 15) is 0 Å². The number of pyridine rings is 1. The zero-order valence-corrected chi connectivity index (χ0v) is 11.4. The van der Waals surface area contributed by atoms with E-state index in [1.54, 1.807) is 6.20 Å². The van der Waals surface area contributed by atoms with E-state index in [4.69, 9.17) is 23.2 Å². The summed E-state index contributed by atoms with van der Waals surface area (Å²) in [6, 6.07) is 3.75. The minimum atomic E-state index is 0.470. The molecule has 2 aromatic rings. The van der Waals surface area contributed by atoms with Gasteiger partial charge in [0.25, 0.3) is 0 Å². The van der Waals surface area contributed by atoms with Gasteiger partial charge in [-0.15, -0.1) is 0 Å². The van der Waals surface area contributed by atoms with E-state index >= 15 is 0 Å². The third-order valence-corrected chi connectivity index (χ3v) is 4.22. The van der Waals surface area contributed by atoms with Gasteiger partial charge in [-0.3, -0.25) is 4.98 Å². The Labute approximate surface area is 108 Å². The van der Waals surface area contributed by atoms with Gasteiger partial charge in [0.05, 0.1) is 15.6 Å². The zero-order valence-electron chi connectivity index (χ0n) is 6.69. The molecule has 0 fully saturated rings. The van der Waals surface area contributed by atoms with E-state index in [2.05, 4.69) is 36.8 Å². The fourth-order valence-corrected chi connectivity index (χ4v) is 2.52. The number of benzene rings is 1. The summed E-state index contributed by atoms with van der Waals surface area (Å²) >= 11 is 18.8. The van der Waals surface area contributed by atoms with Crippen molar-refractivity contribution in [3.05, 3.63) is 37.3 Å². The second-order valence-corrected chi connectivity index (χ2v) is 5.14. The predicted molar refractivity (Wildman–Crippen MR) is 67.2 cm³/mol. The molecule has 0 aliphatic carbocycles. The van der Waals surface area contributed by atoms with Crippen molar-refractivity contribution in [2.75, 3.05) is 0 Å². The average Bonchev–Trinajstić information content (AvgIpc) is 2.17. The maximum atomic E-state index is 6.06. The summed E-state index contributed by atoms with van der Waals surface area (Å²) in [6.07, 6.45) is 1.68. The summed E-state index contributed by atoms with van der Waals surface area (Å²) in [4.78, 5) is 4.18. The van der Waals surface area contributed by atoms with Crippen molar-refractivity contribution in [2.24, 2.45) is 0 Å². The first-order valence-corrected chi connectivity index (χ1v) is 6.03. The quantitative estimate of drug-likeness (QED) is 0.601. The highest BCUT2D eigenvalue weighted by molar-refractivity contribution is 9.11. The van der Waals surface area contributed by atoms with Crippen molar-refractivity contribution in [2.45, 2.75) is 0 Å². The summed E-state index contributed by atoms with van der Waals surface area (Å²) in [6.45, 7) is 0. The summed E-state index contributed by atoms with van der Waals surface area (Å²) < 4.78 is 1.71. The normalized spacial score (nSPS) is 10.9. The molecule has 1 aromatic heterocycles. The van der Waals surface area contributed by atoms with Crippen molar-refractivity contribution in [1.82, 2.24) is 4.98 Å². The Bertz CT molecular complexity index is 514. The van der Waals surface area contributed by atoms with Crippen molar-refractivity contribution in [3.63, 3.8) is 0 Å². The van der Waals surface area contributed by atoms with E-state index < -0.39 is 0 Å². The molecule has 0 amide bonds. The molecule has 0 unspecified atom stereocenters. The molecule has 0 N–H and O–H groups in total. The lowest BCUT2D eigenvalue weighted by atomic mass is 10.2. The van der Waals surface area contributed by atoms with Gasteiger partial charge in [-0.1, -0.05) is 39.1 Å². The van der Waals surface area contributed by atoms with Gasteiger partial charge in [-0.25, -0.2) is 0 Å². The molecule has 5 heteroatoms. The molecule has 1 heterocycles. The van der Waals surface area contributed by atoms with E-state index in [0.717, 1.165) is 14.3 Å². The molecule has 0 aliphatic heterocycles. The standard InChI is InChI=1S/C9H3Br2Cl2N/c10-5-1-2-14-9-4(5)3-6(11)7(12)8(9)13/h1-3H. The molecule has 0 bridgehead atoms. The first kappa shape index (κ1) is 10.7. The van der Waals surface area contributed by atoms with Crippen LogP contribution in [0.15, 0.2) is 27.3 Å². The van der Waals surface area contributed by atoms with Crippen molar-refractivity contribution >= 4 is 66.0 Å². The first-order valence-electron chi connectivity index (χ1n) is 3.69. The van der Waals surface area contributed by atoms with Gasteiger partial charge in [0.15, 0.2) is 0 Å². The number of rotatable bonds is 0. The third kappa shape index (κ3) is 1.67. The van der Waals surface area contributed by atoms with Gasteiger partial charge in [-0.05, 0) is 28.1 Å². The summed E-state index contributed by atoms with van der Waals surface area (Å²) in [5, 5.41) is 1.90. The van der Waals surface area contributed by atoms with E-state index in [-0.39, 0.29) is 0 Å². The van der Waals surface area contributed by atoms with Crippen LogP contribution < -0.4 is 0 Å². The van der Waals surface area contributed by atoms with E-state index in [1.807, 2.05) is 12.1 Å². The number of hydrogen-bond donors (Lipinski definition) is 0. The fourth-order valence-electron chi connectivity index (χ4n) is 1.16. The Hall–Kier alpha value is 0.170. The second kappa shape index (κ2) is 3.97. The minimum absolute atomic E-state index is 0.470. The molecule has 0 atom stereocenters. The number of nitrogens with zero attached hydrogens (tertiary/aromatic N) is 1. The van der Waals surface area contributed by atoms with Crippen LogP contribution in [0.5, 0.6) is 0 Å². The van der Waals surface area contributed by atoms with E-state index in [1.165, 1.54) is 0 Å². The van der Waals surface area contributed by atoms with Crippen LogP contribution in [0.2, 0.25) is 10.0 Å². The van der Waals surface area contributed by atoms with Gasteiger partial charge in [0.2, 0.25) is 0 Å². The lowest BCUT2D eigenvalue weighted by Gasteiger charge is -2.05. The number of halogens is 4. The van der Waals surface area contributed by atoms with Crippen molar-refractivity contribution < 1.29 is 0 Å². The van der Waals surface area contributed by atoms with Crippen LogP contribution >= 0.6 is 55.1 Å². The van der Waals surface area contributed by atoms with E-state index in [0.29, 0.717) is 15.6 Å². The maximum absolute atomic E-state index is 6.06. The number of hydrogen-bond acceptors (Lipinski definition) is 1. The lowest BCUT2D eigenvalue weighted by molar-refractivity contribution is 1.40. The highest BCUT2D eigenvalue weighted by Crippen LogP contribution is 2.38. The number of fused-ring (bicyclic) bond motifs is 1. The largest absolute Gasteiger partial charge is 0.255 e. The second-order valence-electron chi connectivity index (χ2n) is 2.68. The van der Waals surface area contributed by atoms with Gasteiger partial charge in [-0.2, -0.15) is 0 Å². The molecule has 0 aliphatic rings. The van der Waals surface area contributed by atoms with Crippen molar-refractivity contribution in [3.8, 4) is 0 Å². The SMILES string of the molecule is Clc1c(Br)cc2c(Br)ccnc2c1Cl. The molecule has 0 saturated heterocycles. The molecular formula is C9H3Br2Cl2N. The molecule has 0 saturated carbocycles. The fraction of sp³-hybridized carbons (Fsp3) is 0. The Kier molecular flexibility index (Phi) is 3.03. The molecule has 2 rings (SSSR count). The smallest absolute Gasteiger partial charge is 0.0915 e. The van der Waals surface area contributed by atoms with Crippen LogP contribution in [0.3, 0.4) is 0 Å². The molecule has 0 spiro atoms. The Morgan fingerprint density at radius 3 is 2.50 bits per heavy atom. The Morgan fingerprint density at radius 2 is 1.79 bits per heavy atom. The van der Waals surface area contributed by atoms with Crippen molar-refractivity contribution in [1.29, 1.82) is 0 Å². The molecular weight excluding hydrogens is 353 g/mol. The summed E-state index contributed by atoms with van der Waals surface area (Å²) in [5.41, 5.74) is 0.703. The van der Waals surface area contributed by atoms with Crippen LogP contribution in [-0.2, 0) is 0 Å². The molecule has 72 valence electrons. The third-order valence-electron chi connectivity index (χ3n) is 1.82. The average molecular weight is 356 g/mol. The molecule has 0 radical (unpaired) electrons. The summed E-state index contributed by atoms with van der Waals surface area (Å²) in [5.74, 6) is 0. The van der Waals surface area contributed by atoms with Crippen LogP contribution in [-0.4, -0.2) is 4.98 Å². The molecule has 14 heavy (non-hydrogen) atoms. The first-order chi connectivity index (χ1) is 6.61. The Morgan fingerprint density at radius 1 is 1.07 bits per heavy atom. The topological polar surface area (TPSA) is 12.9 Å². The molecule has 1 aromatic carbocycles. The zero-order chi connectivity index (χ0) is 10.3.